The molecule has 0 rings (SSSR count). The van der Waals surface area contributed by atoms with E-state index >= 15 is 0 Å². The Morgan fingerprint density at radius 1 is 0.909 bits per heavy atom. The zero-order valence-corrected chi connectivity index (χ0v) is 9.14. The van der Waals surface area contributed by atoms with Gasteiger partial charge in [-0.25, -0.2) is 4.89 Å². The van der Waals surface area contributed by atoms with Gasteiger partial charge in [-0.15, -0.1) is 0 Å². The van der Waals surface area contributed by atoms with Gasteiger partial charge in [0.15, 0.2) is 0 Å². The molecule has 68 valence electrons. The number of hydrogen-bond acceptors (Lipinski definition) is 2. The summed E-state index contributed by atoms with van der Waals surface area (Å²) < 4.78 is 5.47. The molecule has 0 N–H and O–H groups in total. The summed E-state index contributed by atoms with van der Waals surface area (Å²) in [5.41, 5.74) is 0. The molecule has 0 aliphatic rings. The molecule has 0 saturated heterocycles. The van der Waals surface area contributed by atoms with Gasteiger partial charge >= 0.3 is 0 Å². The van der Waals surface area contributed by atoms with Gasteiger partial charge in [-0.05, 0) is 25.1 Å². The zero-order chi connectivity index (χ0) is 8.74. The van der Waals surface area contributed by atoms with Crippen LogP contribution in [-0.4, -0.2) is 14.9 Å². The van der Waals surface area contributed by atoms with Crippen LogP contribution < -0.4 is 0 Å². The van der Waals surface area contributed by atoms with E-state index in [-0.39, 0.29) is 0 Å². The van der Waals surface area contributed by atoms with Gasteiger partial charge in [0.2, 0.25) is 8.32 Å². The molecule has 0 aromatic rings. The molecule has 0 aliphatic heterocycles. The lowest BCUT2D eigenvalue weighted by Gasteiger charge is -2.25. The minimum atomic E-state index is -1.46. The molecule has 11 heavy (non-hydrogen) atoms. The van der Waals surface area contributed by atoms with Crippen LogP contribution in [0.25, 0.3) is 0 Å². The standard InChI is InChI=1S/C8H20O2Si/c1-5-9-10-11(6-2,7-3)8-4/h5-8H2,1-4H3. The minimum absolute atomic E-state index is 0.661. The summed E-state index contributed by atoms with van der Waals surface area (Å²) in [5.74, 6) is 0. The van der Waals surface area contributed by atoms with Crippen molar-refractivity contribution in [3.63, 3.8) is 0 Å². The summed E-state index contributed by atoms with van der Waals surface area (Å²) in [4.78, 5) is 5.03. The maximum atomic E-state index is 5.47. The molecule has 0 aliphatic carbocycles. The van der Waals surface area contributed by atoms with Gasteiger partial charge in [-0.3, -0.25) is 4.58 Å². The average molecular weight is 176 g/mol. The first-order valence-corrected chi connectivity index (χ1v) is 7.08. The van der Waals surface area contributed by atoms with Crippen molar-refractivity contribution in [1.82, 2.24) is 0 Å². The van der Waals surface area contributed by atoms with Crippen molar-refractivity contribution in [2.45, 2.75) is 45.8 Å². The van der Waals surface area contributed by atoms with Gasteiger partial charge in [0.05, 0.1) is 6.61 Å². The first-order valence-electron chi connectivity index (χ1n) is 4.55. The van der Waals surface area contributed by atoms with E-state index in [2.05, 4.69) is 20.8 Å². The Kier molecular flexibility index (Phi) is 5.82. The molecule has 0 fully saturated rings. The van der Waals surface area contributed by atoms with E-state index in [1.807, 2.05) is 6.92 Å². The van der Waals surface area contributed by atoms with Gasteiger partial charge in [0.1, 0.15) is 0 Å². The second kappa shape index (κ2) is 5.74. The summed E-state index contributed by atoms with van der Waals surface area (Å²) in [7, 11) is -1.46. The van der Waals surface area contributed by atoms with Crippen LogP contribution in [0, 0.1) is 0 Å². The summed E-state index contributed by atoms with van der Waals surface area (Å²) in [5, 5.41) is 0. The van der Waals surface area contributed by atoms with Crippen molar-refractivity contribution in [3.05, 3.63) is 0 Å². The van der Waals surface area contributed by atoms with Crippen LogP contribution in [0.5, 0.6) is 0 Å². The molecule has 3 heteroatoms. The van der Waals surface area contributed by atoms with Crippen molar-refractivity contribution >= 4 is 8.32 Å². The van der Waals surface area contributed by atoms with Gasteiger partial charge < -0.3 is 0 Å². The van der Waals surface area contributed by atoms with Crippen LogP contribution >= 0.6 is 0 Å². The highest BCUT2D eigenvalue weighted by Crippen LogP contribution is 2.21. The normalized spacial score (nSPS) is 12.0. The molecule has 0 spiro atoms. The van der Waals surface area contributed by atoms with Crippen molar-refractivity contribution in [2.24, 2.45) is 0 Å². The monoisotopic (exact) mass is 176 g/mol. The number of rotatable bonds is 6. The highest BCUT2D eigenvalue weighted by molar-refractivity contribution is 6.73. The smallest absolute Gasteiger partial charge is 0.238 e. The van der Waals surface area contributed by atoms with Gasteiger partial charge in [-0.1, -0.05) is 20.8 Å². The molecule has 0 aromatic heterocycles. The fourth-order valence-electron chi connectivity index (χ4n) is 1.11. The molecule has 0 heterocycles. The molecule has 0 unspecified atom stereocenters. The molecule has 0 aromatic carbocycles. The molecule has 0 atom stereocenters. The molecule has 0 amide bonds. The Hall–Kier alpha value is 0.137. The maximum absolute atomic E-state index is 5.47. The predicted octanol–water partition coefficient (Wildman–Crippen LogP) is 2.96. The summed E-state index contributed by atoms with van der Waals surface area (Å²) in [6, 6.07) is 3.46. The second-order valence-electron chi connectivity index (χ2n) is 2.73. The summed E-state index contributed by atoms with van der Waals surface area (Å²) in [6.45, 7) is 9.20. The largest absolute Gasteiger partial charge is 0.286 e. The quantitative estimate of drug-likeness (QED) is 0.352. The molecule has 0 saturated carbocycles. The molecular weight excluding hydrogens is 156 g/mol. The number of hydrogen-bond donors (Lipinski definition) is 0. The van der Waals surface area contributed by atoms with Crippen molar-refractivity contribution in [1.29, 1.82) is 0 Å². The van der Waals surface area contributed by atoms with Crippen LogP contribution in [0.4, 0.5) is 0 Å². The summed E-state index contributed by atoms with van der Waals surface area (Å²) in [6.07, 6.45) is 0. The van der Waals surface area contributed by atoms with E-state index in [1.54, 1.807) is 0 Å². The topological polar surface area (TPSA) is 18.5 Å². The Morgan fingerprint density at radius 3 is 1.64 bits per heavy atom. The highest BCUT2D eigenvalue weighted by Gasteiger charge is 2.30. The Balaban J connectivity index is 3.84. The zero-order valence-electron chi connectivity index (χ0n) is 8.14. The van der Waals surface area contributed by atoms with Crippen LogP contribution in [0.2, 0.25) is 18.1 Å². The Morgan fingerprint density at radius 2 is 1.36 bits per heavy atom. The van der Waals surface area contributed by atoms with E-state index in [0.717, 1.165) is 18.1 Å². The average Bonchev–Trinajstić information content (AvgIpc) is 2.08. The molecule has 0 bridgehead atoms. The Bertz CT molecular complexity index is 83.8. The molecular formula is C8H20O2Si. The summed E-state index contributed by atoms with van der Waals surface area (Å²) >= 11 is 0. The first-order chi connectivity index (χ1) is 5.24. The lowest BCUT2D eigenvalue weighted by Crippen LogP contribution is -2.35. The second-order valence-corrected chi connectivity index (χ2v) is 7.39. The predicted molar refractivity (Wildman–Crippen MR) is 49.9 cm³/mol. The highest BCUT2D eigenvalue weighted by atomic mass is 28.4. The third-order valence-corrected chi connectivity index (χ3v) is 6.62. The molecule has 2 nitrogen and oxygen atoms in total. The van der Waals surface area contributed by atoms with Gasteiger partial charge in [-0.2, -0.15) is 0 Å². The van der Waals surface area contributed by atoms with Crippen LogP contribution in [0.1, 0.15) is 27.7 Å². The third kappa shape index (κ3) is 3.36. The van der Waals surface area contributed by atoms with Gasteiger partial charge in [0, 0.05) is 0 Å². The fraction of sp³-hybridized carbons (Fsp3) is 1.00. The maximum Gasteiger partial charge on any atom is 0.238 e. The first kappa shape index (κ1) is 11.1. The van der Waals surface area contributed by atoms with E-state index in [9.17, 15) is 0 Å². The van der Waals surface area contributed by atoms with E-state index in [1.165, 1.54) is 0 Å². The molecule has 0 radical (unpaired) electrons. The SMILES string of the molecule is CCOO[Si](CC)(CC)CC. The van der Waals surface area contributed by atoms with E-state index in [0.29, 0.717) is 6.61 Å². The van der Waals surface area contributed by atoms with Crippen molar-refractivity contribution in [2.75, 3.05) is 6.61 Å². The minimum Gasteiger partial charge on any atom is -0.286 e. The van der Waals surface area contributed by atoms with Crippen LogP contribution in [0.15, 0.2) is 0 Å². The van der Waals surface area contributed by atoms with Crippen molar-refractivity contribution in [3.8, 4) is 0 Å². The van der Waals surface area contributed by atoms with E-state index in [4.69, 9.17) is 9.46 Å². The van der Waals surface area contributed by atoms with E-state index < -0.39 is 8.32 Å². The van der Waals surface area contributed by atoms with Crippen LogP contribution in [-0.2, 0) is 9.46 Å². The lowest BCUT2D eigenvalue weighted by molar-refractivity contribution is -0.215. The van der Waals surface area contributed by atoms with Crippen LogP contribution in [0.3, 0.4) is 0 Å². The fourth-order valence-corrected chi connectivity index (χ4v) is 3.33. The Labute approximate surface area is 71.0 Å². The van der Waals surface area contributed by atoms with Crippen molar-refractivity contribution < 1.29 is 9.46 Å². The third-order valence-electron chi connectivity index (χ3n) is 2.29. The van der Waals surface area contributed by atoms with Gasteiger partial charge in [0.25, 0.3) is 0 Å². The lowest BCUT2D eigenvalue weighted by atomic mass is 10.9.